The summed E-state index contributed by atoms with van der Waals surface area (Å²) < 4.78 is 5.10. The number of anilines is 2. The molecule has 0 aliphatic carbocycles. The summed E-state index contributed by atoms with van der Waals surface area (Å²) in [6, 6.07) is 6.64. The number of carbonyl (C=O) groups excluding carboxylic acids is 2. The lowest BCUT2D eigenvalue weighted by Crippen LogP contribution is -2.41. The van der Waals surface area contributed by atoms with Gasteiger partial charge in [-0.3, -0.25) is 9.59 Å². The minimum absolute atomic E-state index is 0.0357. The van der Waals surface area contributed by atoms with E-state index in [2.05, 4.69) is 16.7 Å². The van der Waals surface area contributed by atoms with E-state index in [-0.39, 0.29) is 30.5 Å². The van der Waals surface area contributed by atoms with Crippen molar-refractivity contribution in [1.29, 1.82) is 5.26 Å². The lowest BCUT2D eigenvalue weighted by molar-refractivity contribution is -0.125. The maximum Gasteiger partial charge on any atom is 0.253 e. The minimum Gasteiger partial charge on any atom is -0.370 e. The number of nitrogens with one attached hydrogen (secondary N) is 2. The van der Waals surface area contributed by atoms with Crippen molar-refractivity contribution in [3.05, 3.63) is 23.8 Å². The first-order valence-electron chi connectivity index (χ1n) is 7.80. The van der Waals surface area contributed by atoms with Gasteiger partial charge in [-0.15, -0.1) is 0 Å². The number of amides is 2. The minimum atomic E-state index is -0.355. The molecule has 2 atom stereocenters. The van der Waals surface area contributed by atoms with E-state index in [1.807, 2.05) is 0 Å². The van der Waals surface area contributed by atoms with Crippen LogP contribution in [0.2, 0.25) is 0 Å². The van der Waals surface area contributed by atoms with Crippen LogP contribution in [0, 0.1) is 11.3 Å². The fourth-order valence-corrected chi connectivity index (χ4v) is 2.88. The number of rotatable bonds is 3. The van der Waals surface area contributed by atoms with Gasteiger partial charge in [-0.2, -0.15) is 5.26 Å². The Morgan fingerprint density at radius 1 is 1.50 bits per heavy atom. The van der Waals surface area contributed by atoms with Crippen LogP contribution in [0.15, 0.2) is 18.2 Å². The van der Waals surface area contributed by atoms with E-state index < -0.39 is 0 Å². The fourth-order valence-electron chi connectivity index (χ4n) is 2.88. The van der Waals surface area contributed by atoms with E-state index in [0.717, 1.165) is 0 Å². The molecule has 126 valence electrons. The van der Waals surface area contributed by atoms with Gasteiger partial charge < -0.3 is 26.0 Å². The van der Waals surface area contributed by atoms with Crippen molar-refractivity contribution in [2.45, 2.75) is 18.5 Å². The van der Waals surface area contributed by atoms with Crippen molar-refractivity contribution in [2.75, 3.05) is 36.5 Å². The highest BCUT2D eigenvalue weighted by Gasteiger charge is 2.28. The van der Waals surface area contributed by atoms with E-state index in [4.69, 9.17) is 10.5 Å². The number of nitrogens with two attached hydrogens (primary N) is 1. The summed E-state index contributed by atoms with van der Waals surface area (Å²) in [4.78, 5) is 25.7. The molecule has 2 fully saturated rings. The Kier molecular flexibility index (Phi) is 4.76. The van der Waals surface area contributed by atoms with Crippen LogP contribution >= 0.6 is 0 Å². The van der Waals surface area contributed by atoms with Crippen molar-refractivity contribution >= 4 is 23.2 Å². The third-order valence-corrected chi connectivity index (χ3v) is 4.16. The van der Waals surface area contributed by atoms with Crippen molar-refractivity contribution < 1.29 is 14.3 Å². The van der Waals surface area contributed by atoms with E-state index in [0.29, 0.717) is 43.1 Å². The fraction of sp³-hybridized carbons (Fsp3) is 0.438. The van der Waals surface area contributed by atoms with Crippen LogP contribution < -0.4 is 21.3 Å². The van der Waals surface area contributed by atoms with Crippen LogP contribution in [-0.2, 0) is 14.3 Å². The van der Waals surface area contributed by atoms with E-state index >= 15 is 0 Å². The Balaban J connectivity index is 1.76. The van der Waals surface area contributed by atoms with Crippen LogP contribution in [0.4, 0.5) is 11.4 Å². The average Bonchev–Trinajstić information content (AvgIpc) is 3.02. The molecule has 3 rings (SSSR count). The predicted molar refractivity (Wildman–Crippen MR) is 87.3 cm³/mol. The van der Waals surface area contributed by atoms with Crippen molar-refractivity contribution in [3.8, 4) is 6.07 Å². The highest BCUT2D eigenvalue weighted by Crippen LogP contribution is 2.24. The molecule has 24 heavy (non-hydrogen) atoms. The average molecular weight is 329 g/mol. The van der Waals surface area contributed by atoms with E-state index in [1.165, 1.54) is 0 Å². The standard InChI is InChI=1S/C16H19N5O3/c17-7-10-5-12(21-3-4-24-9-15(21)22)1-2-13(10)20-16(23)14-6-11(18)8-19-14/h1-2,5,11,14,19H,3-4,6,8-9,18H2,(H,20,23)/t11-,14?/m0/s1. The summed E-state index contributed by atoms with van der Waals surface area (Å²) in [5.41, 5.74) is 7.14. The van der Waals surface area contributed by atoms with Gasteiger partial charge in [0.25, 0.3) is 5.91 Å². The zero-order chi connectivity index (χ0) is 17.1. The molecule has 1 aromatic rings. The molecule has 2 amide bonds. The second kappa shape index (κ2) is 6.97. The van der Waals surface area contributed by atoms with Crippen molar-refractivity contribution in [2.24, 2.45) is 5.73 Å². The second-order valence-electron chi connectivity index (χ2n) is 5.89. The number of ether oxygens (including phenoxy) is 1. The summed E-state index contributed by atoms with van der Waals surface area (Å²) in [6.07, 6.45) is 0.564. The van der Waals surface area contributed by atoms with E-state index in [9.17, 15) is 14.9 Å². The molecule has 2 heterocycles. The Morgan fingerprint density at radius 2 is 2.33 bits per heavy atom. The monoisotopic (exact) mass is 329 g/mol. The van der Waals surface area contributed by atoms with Gasteiger partial charge in [0.2, 0.25) is 5.91 Å². The molecular formula is C16H19N5O3. The maximum absolute atomic E-state index is 12.2. The van der Waals surface area contributed by atoms with Crippen LogP contribution in [0.3, 0.4) is 0 Å². The summed E-state index contributed by atoms with van der Waals surface area (Å²) in [7, 11) is 0. The van der Waals surface area contributed by atoms with Gasteiger partial charge in [0.1, 0.15) is 12.7 Å². The molecule has 1 aromatic carbocycles. The summed E-state index contributed by atoms with van der Waals surface area (Å²) in [5, 5.41) is 15.2. The first-order chi connectivity index (χ1) is 11.6. The largest absolute Gasteiger partial charge is 0.370 e. The molecule has 0 bridgehead atoms. The molecule has 8 nitrogen and oxygen atoms in total. The second-order valence-corrected chi connectivity index (χ2v) is 5.89. The molecular weight excluding hydrogens is 310 g/mol. The summed E-state index contributed by atoms with van der Waals surface area (Å²) >= 11 is 0. The highest BCUT2D eigenvalue weighted by molar-refractivity contribution is 5.98. The zero-order valence-electron chi connectivity index (χ0n) is 13.1. The number of nitrogens with zero attached hydrogens (tertiary/aromatic N) is 2. The smallest absolute Gasteiger partial charge is 0.253 e. The number of morpholine rings is 1. The van der Waals surface area contributed by atoms with Gasteiger partial charge >= 0.3 is 0 Å². The SMILES string of the molecule is N#Cc1cc(N2CCOCC2=O)ccc1NC(=O)C1C[C@H](N)CN1. The Hall–Kier alpha value is -2.47. The van der Waals surface area contributed by atoms with Gasteiger partial charge in [0.15, 0.2) is 0 Å². The molecule has 4 N–H and O–H groups in total. The normalized spacial score (nSPS) is 23.8. The van der Waals surface area contributed by atoms with Crippen LogP contribution in [0.5, 0.6) is 0 Å². The van der Waals surface area contributed by atoms with Gasteiger partial charge in [-0.05, 0) is 24.6 Å². The number of nitriles is 1. The molecule has 0 saturated carbocycles. The Morgan fingerprint density at radius 3 is 3.00 bits per heavy atom. The van der Waals surface area contributed by atoms with Crippen LogP contribution in [0.25, 0.3) is 0 Å². The van der Waals surface area contributed by atoms with E-state index in [1.54, 1.807) is 23.1 Å². The molecule has 8 heteroatoms. The first kappa shape index (κ1) is 16.4. The van der Waals surface area contributed by atoms with Gasteiger partial charge in [0.05, 0.1) is 23.9 Å². The third kappa shape index (κ3) is 3.38. The number of carbonyl (C=O) groups is 2. The van der Waals surface area contributed by atoms with Gasteiger partial charge in [-0.25, -0.2) is 0 Å². The number of hydrogen-bond acceptors (Lipinski definition) is 6. The molecule has 0 spiro atoms. The summed E-state index contributed by atoms with van der Waals surface area (Å²) in [6.45, 7) is 1.54. The summed E-state index contributed by atoms with van der Waals surface area (Å²) in [5.74, 6) is -0.360. The molecule has 1 unspecified atom stereocenters. The topological polar surface area (TPSA) is 120 Å². The quantitative estimate of drug-likeness (QED) is 0.691. The van der Waals surface area contributed by atoms with Crippen molar-refractivity contribution in [3.63, 3.8) is 0 Å². The van der Waals surface area contributed by atoms with Crippen LogP contribution in [0.1, 0.15) is 12.0 Å². The highest BCUT2D eigenvalue weighted by atomic mass is 16.5. The molecule has 2 saturated heterocycles. The molecule has 2 aliphatic rings. The zero-order valence-corrected chi connectivity index (χ0v) is 13.1. The molecule has 0 radical (unpaired) electrons. The molecule has 2 aliphatic heterocycles. The number of hydrogen-bond donors (Lipinski definition) is 3. The van der Waals surface area contributed by atoms with Gasteiger partial charge in [0, 0.05) is 24.8 Å². The lowest BCUT2D eigenvalue weighted by atomic mass is 10.1. The third-order valence-electron chi connectivity index (χ3n) is 4.16. The lowest BCUT2D eigenvalue weighted by Gasteiger charge is -2.27. The predicted octanol–water partition coefficient (Wildman–Crippen LogP) is -0.451. The Labute approximate surface area is 139 Å². The van der Waals surface area contributed by atoms with Crippen molar-refractivity contribution in [1.82, 2.24) is 5.32 Å². The Bertz CT molecular complexity index is 699. The molecule has 0 aromatic heterocycles. The number of benzene rings is 1. The van der Waals surface area contributed by atoms with Crippen LogP contribution in [-0.4, -0.2) is 50.2 Å². The van der Waals surface area contributed by atoms with Gasteiger partial charge in [-0.1, -0.05) is 0 Å². The maximum atomic E-state index is 12.2. The first-order valence-corrected chi connectivity index (χ1v) is 7.80.